The third kappa shape index (κ3) is 4.94. The normalized spacial score (nSPS) is 15.5. The van der Waals surface area contributed by atoms with Gasteiger partial charge < -0.3 is 10.1 Å². The van der Waals surface area contributed by atoms with Gasteiger partial charge >= 0.3 is 5.97 Å². The van der Waals surface area contributed by atoms with E-state index >= 15 is 0 Å². The number of methoxy groups -OCH3 is 1. The molecular formula is C22H25FN2O5S. The van der Waals surface area contributed by atoms with Gasteiger partial charge in [-0.15, -0.1) is 0 Å². The minimum Gasteiger partial charge on any atom is -0.465 e. The van der Waals surface area contributed by atoms with Crippen LogP contribution in [0.1, 0.15) is 34.3 Å². The van der Waals surface area contributed by atoms with E-state index in [1.807, 2.05) is 13.8 Å². The summed E-state index contributed by atoms with van der Waals surface area (Å²) in [5, 5.41) is 2.83. The van der Waals surface area contributed by atoms with Crippen molar-refractivity contribution in [3.05, 3.63) is 58.9 Å². The maximum absolute atomic E-state index is 13.1. The van der Waals surface area contributed by atoms with E-state index in [0.29, 0.717) is 24.1 Å². The van der Waals surface area contributed by atoms with E-state index in [1.54, 1.807) is 12.1 Å². The smallest absolute Gasteiger partial charge is 0.338 e. The Morgan fingerprint density at radius 3 is 2.29 bits per heavy atom. The highest BCUT2D eigenvalue weighted by atomic mass is 32.2. The number of carbonyl (C=O) groups is 2. The molecule has 0 saturated carbocycles. The Kier molecular flexibility index (Phi) is 6.76. The van der Waals surface area contributed by atoms with E-state index < -0.39 is 21.8 Å². The first kappa shape index (κ1) is 22.9. The number of rotatable bonds is 5. The molecule has 0 radical (unpaired) electrons. The first-order chi connectivity index (χ1) is 14.6. The van der Waals surface area contributed by atoms with Gasteiger partial charge in [0.05, 0.1) is 17.6 Å². The molecule has 0 aliphatic carbocycles. The third-order valence-electron chi connectivity index (χ3n) is 5.62. The zero-order chi connectivity index (χ0) is 22.8. The van der Waals surface area contributed by atoms with Gasteiger partial charge in [0.2, 0.25) is 15.9 Å². The van der Waals surface area contributed by atoms with Crippen LogP contribution in [0.2, 0.25) is 0 Å². The van der Waals surface area contributed by atoms with Crippen molar-refractivity contribution in [1.29, 1.82) is 0 Å². The van der Waals surface area contributed by atoms with Gasteiger partial charge in [-0.1, -0.05) is 0 Å². The van der Waals surface area contributed by atoms with Crippen LogP contribution in [-0.2, 0) is 19.6 Å². The maximum Gasteiger partial charge on any atom is 0.338 e. The van der Waals surface area contributed by atoms with Crippen LogP contribution in [0.4, 0.5) is 10.1 Å². The van der Waals surface area contributed by atoms with Crippen molar-refractivity contribution in [3.63, 3.8) is 0 Å². The fourth-order valence-electron chi connectivity index (χ4n) is 3.61. The summed E-state index contributed by atoms with van der Waals surface area (Å²) in [6, 6.07) is 8.07. The van der Waals surface area contributed by atoms with E-state index in [9.17, 15) is 22.4 Å². The first-order valence-electron chi connectivity index (χ1n) is 9.89. The lowest BCUT2D eigenvalue weighted by molar-refractivity contribution is -0.120. The lowest BCUT2D eigenvalue weighted by atomic mass is 9.96. The molecule has 2 aromatic rings. The molecule has 1 N–H and O–H groups in total. The summed E-state index contributed by atoms with van der Waals surface area (Å²) in [4.78, 5) is 24.7. The number of anilines is 1. The number of amides is 1. The molecule has 3 rings (SSSR count). The first-order valence-corrected chi connectivity index (χ1v) is 11.3. The van der Waals surface area contributed by atoms with E-state index in [4.69, 9.17) is 4.74 Å². The number of hydrogen-bond acceptors (Lipinski definition) is 5. The van der Waals surface area contributed by atoms with Gasteiger partial charge in [0.1, 0.15) is 5.82 Å². The van der Waals surface area contributed by atoms with Crippen LogP contribution in [-0.4, -0.2) is 44.8 Å². The molecule has 0 bridgehead atoms. The number of benzene rings is 2. The highest BCUT2D eigenvalue weighted by Crippen LogP contribution is 2.26. The molecule has 0 aromatic heterocycles. The van der Waals surface area contributed by atoms with Crippen molar-refractivity contribution in [1.82, 2.24) is 4.31 Å². The molecule has 1 amide bonds. The summed E-state index contributed by atoms with van der Waals surface area (Å²) in [7, 11) is -2.43. The number of sulfonamides is 1. The van der Waals surface area contributed by atoms with Gasteiger partial charge in [0.15, 0.2) is 0 Å². The van der Waals surface area contributed by atoms with E-state index in [0.717, 1.165) is 23.3 Å². The Hall–Kier alpha value is -2.78. The highest BCUT2D eigenvalue weighted by molar-refractivity contribution is 7.89. The lowest BCUT2D eigenvalue weighted by Gasteiger charge is -2.30. The molecule has 1 fully saturated rings. The molecule has 1 aliphatic heterocycles. The van der Waals surface area contributed by atoms with Gasteiger partial charge in [-0.2, -0.15) is 4.31 Å². The largest absolute Gasteiger partial charge is 0.465 e. The summed E-state index contributed by atoms with van der Waals surface area (Å²) in [6.45, 7) is 4.04. The average molecular weight is 449 g/mol. The van der Waals surface area contributed by atoms with Crippen LogP contribution in [0.25, 0.3) is 0 Å². The number of carbonyl (C=O) groups excluding carboxylic acids is 2. The van der Waals surface area contributed by atoms with Gasteiger partial charge in [-0.3, -0.25) is 4.79 Å². The third-order valence-corrected chi connectivity index (χ3v) is 7.53. The van der Waals surface area contributed by atoms with Crippen LogP contribution in [0.15, 0.2) is 41.3 Å². The van der Waals surface area contributed by atoms with Crippen LogP contribution < -0.4 is 5.32 Å². The van der Waals surface area contributed by atoms with E-state index in [1.165, 1.54) is 23.5 Å². The minimum absolute atomic E-state index is 0.0299. The number of piperidine rings is 1. The average Bonchev–Trinajstić information content (AvgIpc) is 2.76. The van der Waals surface area contributed by atoms with Gasteiger partial charge in [-0.05, 0) is 74.2 Å². The van der Waals surface area contributed by atoms with E-state index in [2.05, 4.69) is 5.32 Å². The molecule has 9 heteroatoms. The number of hydrogen-bond donors (Lipinski definition) is 1. The number of esters is 1. The topological polar surface area (TPSA) is 92.8 Å². The number of ether oxygens (including phenoxy) is 1. The molecule has 2 aromatic carbocycles. The Balaban J connectivity index is 1.66. The van der Waals surface area contributed by atoms with Gasteiger partial charge in [0.25, 0.3) is 0 Å². The van der Waals surface area contributed by atoms with Crippen molar-refractivity contribution in [2.75, 3.05) is 25.5 Å². The molecule has 31 heavy (non-hydrogen) atoms. The molecule has 0 unspecified atom stereocenters. The van der Waals surface area contributed by atoms with Crippen molar-refractivity contribution in [2.24, 2.45) is 5.92 Å². The van der Waals surface area contributed by atoms with Crippen LogP contribution in [0.3, 0.4) is 0 Å². The summed E-state index contributed by atoms with van der Waals surface area (Å²) in [5.74, 6) is -1.56. The van der Waals surface area contributed by atoms with Gasteiger partial charge in [0, 0.05) is 24.7 Å². The van der Waals surface area contributed by atoms with Crippen molar-refractivity contribution in [2.45, 2.75) is 31.6 Å². The predicted molar refractivity (Wildman–Crippen MR) is 114 cm³/mol. The Labute approximate surface area is 181 Å². The number of nitrogens with zero attached hydrogens (tertiary/aromatic N) is 1. The zero-order valence-electron chi connectivity index (χ0n) is 17.6. The van der Waals surface area contributed by atoms with Crippen molar-refractivity contribution < 1.29 is 27.1 Å². The molecule has 0 spiro atoms. The predicted octanol–water partition coefficient (Wildman–Crippen LogP) is 3.27. The minimum atomic E-state index is -3.73. The molecule has 1 aliphatic rings. The highest BCUT2D eigenvalue weighted by Gasteiger charge is 2.32. The van der Waals surface area contributed by atoms with Crippen LogP contribution in [0, 0.1) is 25.6 Å². The quantitative estimate of drug-likeness (QED) is 0.709. The van der Waals surface area contributed by atoms with Crippen LogP contribution >= 0.6 is 0 Å². The Morgan fingerprint density at radius 1 is 1.10 bits per heavy atom. The number of halogens is 1. The molecule has 7 nitrogen and oxygen atoms in total. The van der Waals surface area contributed by atoms with Crippen molar-refractivity contribution in [3.8, 4) is 0 Å². The summed E-state index contributed by atoms with van der Waals surface area (Å²) < 4.78 is 44.7. The molecule has 1 heterocycles. The van der Waals surface area contributed by atoms with Gasteiger partial charge in [-0.25, -0.2) is 17.6 Å². The second kappa shape index (κ2) is 9.15. The number of aryl methyl sites for hydroxylation is 1. The second-order valence-corrected chi connectivity index (χ2v) is 9.52. The monoisotopic (exact) mass is 448 g/mol. The Morgan fingerprint density at radius 2 is 1.71 bits per heavy atom. The second-order valence-electron chi connectivity index (χ2n) is 7.58. The summed E-state index contributed by atoms with van der Waals surface area (Å²) in [6.07, 6.45) is 0.724. The lowest BCUT2D eigenvalue weighted by Crippen LogP contribution is -2.41. The summed E-state index contributed by atoms with van der Waals surface area (Å²) in [5.41, 5.74) is 2.51. The van der Waals surface area contributed by atoms with Crippen LogP contribution in [0.5, 0.6) is 0 Å². The summed E-state index contributed by atoms with van der Waals surface area (Å²) >= 11 is 0. The van der Waals surface area contributed by atoms with E-state index in [-0.39, 0.29) is 29.8 Å². The standard InChI is InChI=1S/C22H25FN2O5S/c1-14-12-18(13-20(15(14)2)22(27)30-3)24-21(26)16-8-10-25(11-9-16)31(28,29)19-6-4-17(23)5-7-19/h4-7,12-13,16H,8-11H2,1-3H3,(H,24,26). The molecule has 166 valence electrons. The Bertz CT molecular complexity index is 1090. The molecule has 1 saturated heterocycles. The number of nitrogens with one attached hydrogen (secondary N) is 1. The zero-order valence-corrected chi connectivity index (χ0v) is 18.5. The fourth-order valence-corrected chi connectivity index (χ4v) is 5.08. The maximum atomic E-state index is 13.1. The SMILES string of the molecule is COC(=O)c1cc(NC(=O)C2CCN(S(=O)(=O)c3ccc(F)cc3)CC2)cc(C)c1C. The van der Waals surface area contributed by atoms with Crippen molar-refractivity contribution >= 4 is 27.6 Å². The molecule has 0 atom stereocenters. The molecular weight excluding hydrogens is 423 g/mol. The fraction of sp³-hybridized carbons (Fsp3) is 0.364.